The maximum absolute atomic E-state index is 5.79. The van der Waals surface area contributed by atoms with Gasteiger partial charge in [0.05, 0.1) is 29.3 Å². The van der Waals surface area contributed by atoms with E-state index in [-0.39, 0.29) is 12.2 Å². The Balaban J connectivity index is 1.57. The van der Waals surface area contributed by atoms with Crippen LogP contribution in [0.15, 0.2) is 35.6 Å². The quantitative estimate of drug-likeness (QED) is 0.716. The molecule has 25 heavy (non-hydrogen) atoms. The van der Waals surface area contributed by atoms with Crippen LogP contribution in [-0.2, 0) is 4.74 Å². The molecule has 130 valence electrons. The van der Waals surface area contributed by atoms with Gasteiger partial charge in [0.25, 0.3) is 0 Å². The normalized spacial score (nSPS) is 18.8. The van der Waals surface area contributed by atoms with Crippen molar-refractivity contribution in [1.29, 1.82) is 0 Å². The summed E-state index contributed by atoms with van der Waals surface area (Å²) >= 11 is 0. The van der Waals surface area contributed by atoms with Crippen LogP contribution >= 0.6 is 0 Å². The molecule has 1 fully saturated rings. The molecule has 6 nitrogen and oxygen atoms in total. The Bertz CT molecular complexity index is 819. The Kier molecular flexibility index (Phi) is 4.13. The molecule has 6 heteroatoms. The van der Waals surface area contributed by atoms with Gasteiger partial charge in [0.2, 0.25) is 0 Å². The number of nitrogens with zero attached hydrogens (tertiary/aromatic N) is 4. The van der Waals surface area contributed by atoms with Crippen molar-refractivity contribution in [2.75, 3.05) is 25.1 Å². The SMILES string of the molecule is COC1CCN(c2cc(C3=Nc4ccc(OC(C)C)cc43)ncn2)C1. The average molecular weight is 338 g/mol. The van der Waals surface area contributed by atoms with E-state index < -0.39 is 0 Å². The van der Waals surface area contributed by atoms with E-state index in [4.69, 9.17) is 9.47 Å². The van der Waals surface area contributed by atoms with Crippen molar-refractivity contribution in [2.45, 2.75) is 32.5 Å². The molecular formula is C19H22N4O2. The van der Waals surface area contributed by atoms with Crippen LogP contribution in [0, 0.1) is 0 Å². The average Bonchev–Trinajstić information content (AvgIpc) is 3.06. The standard InChI is InChI=1S/C19H22N4O2/c1-12(2)25-13-4-5-16-15(8-13)19(22-16)17-9-18(21-11-20-17)23-7-6-14(10-23)24-3/h4-5,8-9,11-12,14H,6-7,10H2,1-3H3. The molecular weight excluding hydrogens is 316 g/mol. The molecule has 1 saturated heterocycles. The summed E-state index contributed by atoms with van der Waals surface area (Å²) in [4.78, 5) is 15.7. The van der Waals surface area contributed by atoms with E-state index in [9.17, 15) is 0 Å². The first-order chi connectivity index (χ1) is 12.1. The second-order valence-electron chi connectivity index (χ2n) is 6.66. The fourth-order valence-corrected chi connectivity index (χ4v) is 3.25. The molecule has 2 aliphatic rings. The summed E-state index contributed by atoms with van der Waals surface area (Å²) in [5.74, 6) is 1.79. The summed E-state index contributed by atoms with van der Waals surface area (Å²) < 4.78 is 11.2. The monoisotopic (exact) mass is 338 g/mol. The van der Waals surface area contributed by atoms with Crippen LogP contribution in [0.5, 0.6) is 5.75 Å². The first kappa shape index (κ1) is 16.0. The van der Waals surface area contributed by atoms with E-state index in [1.807, 2.05) is 38.1 Å². The molecule has 1 aromatic carbocycles. The van der Waals surface area contributed by atoms with Crippen molar-refractivity contribution in [2.24, 2.45) is 4.99 Å². The maximum Gasteiger partial charge on any atom is 0.132 e. The molecule has 2 aliphatic heterocycles. The van der Waals surface area contributed by atoms with E-state index in [2.05, 4.69) is 19.9 Å². The highest BCUT2D eigenvalue weighted by molar-refractivity contribution is 6.21. The van der Waals surface area contributed by atoms with Gasteiger partial charge in [-0.2, -0.15) is 0 Å². The number of hydrogen-bond donors (Lipinski definition) is 0. The zero-order valence-electron chi connectivity index (χ0n) is 14.8. The van der Waals surface area contributed by atoms with Crippen LogP contribution in [-0.4, -0.2) is 48.1 Å². The molecule has 0 aliphatic carbocycles. The minimum absolute atomic E-state index is 0.146. The second kappa shape index (κ2) is 6.44. The smallest absolute Gasteiger partial charge is 0.132 e. The Morgan fingerprint density at radius 2 is 2.08 bits per heavy atom. The lowest BCUT2D eigenvalue weighted by molar-refractivity contribution is 0.121. The maximum atomic E-state index is 5.79. The third-order valence-corrected chi connectivity index (χ3v) is 4.52. The van der Waals surface area contributed by atoms with Gasteiger partial charge in [-0.15, -0.1) is 0 Å². The Labute approximate surface area is 147 Å². The Morgan fingerprint density at radius 1 is 1.20 bits per heavy atom. The minimum atomic E-state index is 0.146. The topological polar surface area (TPSA) is 59.8 Å². The van der Waals surface area contributed by atoms with Gasteiger partial charge >= 0.3 is 0 Å². The molecule has 0 saturated carbocycles. The van der Waals surface area contributed by atoms with Crippen molar-refractivity contribution in [3.63, 3.8) is 0 Å². The minimum Gasteiger partial charge on any atom is -0.491 e. The van der Waals surface area contributed by atoms with Crippen LogP contribution < -0.4 is 9.64 Å². The lowest BCUT2D eigenvalue weighted by Gasteiger charge is -2.21. The van der Waals surface area contributed by atoms with Crippen LogP contribution in [0.3, 0.4) is 0 Å². The largest absolute Gasteiger partial charge is 0.491 e. The van der Waals surface area contributed by atoms with E-state index in [1.165, 1.54) is 0 Å². The summed E-state index contributed by atoms with van der Waals surface area (Å²) in [6.45, 7) is 5.86. The van der Waals surface area contributed by atoms with Crippen molar-refractivity contribution >= 4 is 17.2 Å². The number of anilines is 1. The van der Waals surface area contributed by atoms with E-state index >= 15 is 0 Å². The summed E-state index contributed by atoms with van der Waals surface area (Å²) in [7, 11) is 1.76. The lowest BCUT2D eigenvalue weighted by atomic mass is 9.99. The third kappa shape index (κ3) is 3.09. The number of aliphatic imine (C=N–C) groups is 1. The first-order valence-electron chi connectivity index (χ1n) is 8.64. The Morgan fingerprint density at radius 3 is 2.84 bits per heavy atom. The number of aromatic nitrogens is 2. The number of rotatable bonds is 5. The molecule has 4 rings (SSSR count). The molecule has 1 unspecified atom stereocenters. The molecule has 1 atom stereocenters. The second-order valence-corrected chi connectivity index (χ2v) is 6.66. The van der Waals surface area contributed by atoms with Gasteiger partial charge in [-0.3, -0.25) is 0 Å². The molecule has 3 heterocycles. The fraction of sp³-hybridized carbons (Fsp3) is 0.421. The lowest BCUT2D eigenvalue weighted by Crippen LogP contribution is -2.24. The van der Waals surface area contributed by atoms with Crippen LogP contribution in [0.4, 0.5) is 11.5 Å². The first-order valence-corrected chi connectivity index (χ1v) is 8.64. The van der Waals surface area contributed by atoms with E-state index in [0.717, 1.165) is 53.7 Å². The molecule has 0 radical (unpaired) electrons. The van der Waals surface area contributed by atoms with Gasteiger partial charge in [-0.1, -0.05) is 0 Å². The molecule has 2 aromatic rings. The summed E-state index contributed by atoms with van der Waals surface area (Å²) in [5.41, 5.74) is 3.81. The van der Waals surface area contributed by atoms with Crippen LogP contribution in [0.2, 0.25) is 0 Å². The fourth-order valence-electron chi connectivity index (χ4n) is 3.25. The zero-order valence-corrected chi connectivity index (χ0v) is 14.8. The van der Waals surface area contributed by atoms with Crippen LogP contribution in [0.1, 0.15) is 31.5 Å². The molecule has 0 amide bonds. The van der Waals surface area contributed by atoms with Crippen molar-refractivity contribution in [1.82, 2.24) is 9.97 Å². The van der Waals surface area contributed by atoms with Gasteiger partial charge in [0, 0.05) is 31.8 Å². The summed E-state index contributed by atoms with van der Waals surface area (Å²) in [5, 5.41) is 0. The third-order valence-electron chi connectivity index (χ3n) is 4.52. The molecule has 0 N–H and O–H groups in total. The van der Waals surface area contributed by atoms with Gasteiger partial charge < -0.3 is 14.4 Å². The number of fused-ring (bicyclic) bond motifs is 1. The van der Waals surface area contributed by atoms with Gasteiger partial charge in [0.15, 0.2) is 0 Å². The zero-order chi connectivity index (χ0) is 17.4. The van der Waals surface area contributed by atoms with Crippen molar-refractivity contribution < 1.29 is 9.47 Å². The van der Waals surface area contributed by atoms with Crippen LogP contribution in [0.25, 0.3) is 0 Å². The highest BCUT2D eigenvalue weighted by Crippen LogP contribution is 2.35. The van der Waals surface area contributed by atoms with Gasteiger partial charge in [-0.05, 0) is 38.5 Å². The van der Waals surface area contributed by atoms with E-state index in [0.29, 0.717) is 0 Å². The number of methoxy groups -OCH3 is 1. The van der Waals surface area contributed by atoms with Crippen molar-refractivity contribution in [3.05, 3.63) is 41.9 Å². The summed E-state index contributed by atoms with van der Waals surface area (Å²) in [6.07, 6.45) is 3.05. The number of hydrogen-bond acceptors (Lipinski definition) is 6. The highest BCUT2D eigenvalue weighted by Gasteiger charge is 2.26. The van der Waals surface area contributed by atoms with Crippen molar-refractivity contribution in [3.8, 4) is 5.75 Å². The molecule has 0 spiro atoms. The highest BCUT2D eigenvalue weighted by atomic mass is 16.5. The predicted octanol–water partition coefficient (Wildman–Crippen LogP) is 2.97. The van der Waals surface area contributed by atoms with E-state index in [1.54, 1.807) is 13.4 Å². The summed E-state index contributed by atoms with van der Waals surface area (Å²) in [6, 6.07) is 7.99. The molecule has 0 bridgehead atoms. The Hall–Kier alpha value is -2.47. The van der Waals surface area contributed by atoms with Gasteiger partial charge in [-0.25, -0.2) is 15.0 Å². The molecule has 1 aromatic heterocycles. The van der Waals surface area contributed by atoms with Gasteiger partial charge in [0.1, 0.15) is 17.9 Å². The number of ether oxygens (including phenoxy) is 2. The number of benzene rings is 1. The predicted molar refractivity (Wildman–Crippen MR) is 97.2 cm³/mol.